The van der Waals surface area contributed by atoms with Crippen molar-refractivity contribution in [3.05, 3.63) is 46.1 Å². The Balaban J connectivity index is 1.65. The number of aromatic nitrogens is 3. The minimum absolute atomic E-state index is 0.0112. The topological polar surface area (TPSA) is 111 Å². The molecule has 1 aliphatic heterocycles. The molecule has 1 N–H and O–H groups in total. The second kappa shape index (κ2) is 5.92. The van der Waals surface area contributed by atoms with Gasteiger partial charge in [0.15, 0.2) is 9.84 Å². The third-order valence-corrected chi connectivity index (χ3v) is 4.85. The van der Waals surface area contributed by atoms with Crippen molar-refractivity contribution in [1.82, 2.24) is 20.3 Å². The predicted molar refractivity (Wildman–Crippen MR) is 83.3 cm³/mol. The molecule has 9 heteroatoms. The third kappa shape index (κ3) is 3.45. The van der Waals surface area contributed by atoms with Crippen LogP contribution in [0.25, 0.3) is 10.9 Å². The van der Waals surface area contributed by atoms with Gasteiger partial charge in [0, 0.05) is 11.8 Å². The van der Waals surface area contributed by atoms with E-state index in [9.17, 15) is 18.0 Å². The Kier molecular flexibility index (Phi) is 3.95. The zero-order valence-corrected chi connectivity index (χ0v) is 12.9. The second-order valence-corrected chi connectivity index (χ2v) is 7.15. The van der Waals surface area contributed by atoms with Gasteiger partial charge in [-0.3, -0.25) is 9.59 Å². The van der Waals surface area contributed by atoms with Gasteiger partial charge in [-0.25, -0.2) is 13.1 Å². The summed E-state index contributed by atoms with van der Waals surface area (Å²) in [4.78, 5) is 24.1. The van der Waals surface area contributed by atoms with Gasteiger partial charge in [0.1, 0.15) is 5.52 Å². The van der Waals surface area contributed by atoms with Gasteiger partial charge in [0.2, 0.25) is 5.91 Å². The summed E-state index contributed by atoms with van der Waals surface area (Å²) < 4.78 is 23.7. The number of nitrogens with zero attached hydrogens (tertiary/aromatic N) is 3. The first-order chi connectivity index (χ1) is 10.9. The summed E-state index contributed by atoms with van der Waals surface area (Å²) in [5, 5.41) is 11.9. The molecule has 3 rings (SSSR count). The molecule has 2 heterocycles. The number of hydrogen-bond acceptors (Lipinski definition) is 6. The van der Waals surface area contributed by atoms with Gasteiger partial charge in [-0.15, -0.1) is 5.10 Å². The van der Waals surface area contributed by atoms with Crippen LogP contribution < -0.4 is 10.9 Å². The molecule has 0 fully saturated rings. The van der Waals surface area contributed by atoms with Gasteiger partial charge in [-0.2, -0.15) is 0 Å². The van der Waals surface area contributed by atoms with Crippen molar-refractivity contribution in [2.75, 3.05) is 5.75 Å². The van der Waals surface area contributed by atoms with Crippen LogP contribution in [0.4, 0.5) is 0 Å². The van der Waals surface area contributed by atoms with E-state index in [2.05, 4.69) is 15.6 Å². The third-order valence-electron chi connectivity index (χ3n) is 3.46. The van der Waals surface area contributed by atoms with E-state index in [0.29, 0.717) is 10.9 Å². The molecule has 0 radical (unpaired) electrons. The predicted octanol–water partition coefficient (Wildman–Crippen LogP) is -0.391. The molecule has 0 aliphatic carbocycles. The zero-order valence-electron chi connectivity index (χ0n) is 12.0. The molecule has 8 nitrogen and oxygen atoms in total. The molecule has 1 unspecified atom stereocenters. The van der Waals surface area contributed by atoms with Crippen LogP contribution in [0.5, 0.6) is 0 Å². The highest BCUT2D eigenvalue weighted by Crippen LogP contribution is 2.08. The SMILES string of the molecule is O=C(CCn1nnc2ccccc2c1=O)NC1C=CS(=O)(=O)C1. The summed E-state index contributed by atoms with van der Waals surface area (Å²) in [5.41, 5.74) is 0.186. The molecule has 0 saturated heterocycles. The van der Waals surface area contributed by atoms with Crippen LogP contribution in [0.3, 0.4) is 0 Å². The summed E-state index contributed by atoms with van der Waals surface area (Å²) in [6.07, 6.45) is 1.45. The number of sulfone groups is 1. The standard InChI is InChI=1S/C14H14N4O4S/c19-13(15-10-6-8-23(21,22)9-10)5-7-18-14(20)11-3-1-2-4-12(11)16-17-18/h1-4,6,8,10H,5,7,9H2,(H,15,19). The molecular weight excluding hydrogens is 320 g/mol. The first-order valence-electron chi connectivity index (χ1n) is 6.97. The maximum atomic E-state index is 12.2. The minimum atomic E-state index is -3.21. The first-order valence-corrected chi connectivity index (χ1v) is 8.69. The highest BCUT2D eigenvalue weighted by molar-refractivity contribution is 7.94. The van der Waals surface area contributed by atoms with E-state index in [-0.39, 0.29) is 30.2 Å². The molecule has 0 bridgehead atoms. The smallest absolute Gasteiger partial charge is 0.277 e. The maximum Gasteiger partial charge on any atom is 0.277 e. The van der Waals surface area contributed by atoms with E-state index in [1.807, 2.05) is 0 Å². The number of aryl methyl sites for hydroxylation is 1. The normalized spacial score (nSPS) is 19.0. The van der Waals surface area contributed by atoms with Gasteiger partial charge in [0.25, 0.3) is 5.56 Å². The number of fused-ring (bicyclic) bond motifs is 1. The number of hydrogen-bond donors (Lipinski definition) is 1. The van der Waals surface area contributed by atoms with E-state index in [1.54, 1.807) is 24.3 Å². The molecular formula is C14H14N4O4S. The van der Waals surface area contributed by atoms with Crippen LogP contribution in [-0.4, -0.2) is 41.1 Å². The number of nitrogens with one attached hydrogen (secondary N) is 1. The molecule has 1 aliphatic rings. The van der Waals surface area contributed by atoms with Crippen molar-refractivity contribution in [3.8, 4) is 0 Å². The lowest BCUT2D eigenvalue weighted by Crippen LogP contribution is -2.36. The van der Waals surface area contributed by atoms with Gasteiger partial charge < -0.3 is 5.32 Å². The first kappa shape index (κ1) is 15.3. The summed E-state index contributed by atoms with van der Waals surface area (Å²) in [6.45, 7) is 0.0751. The van der Waals surface area contributed by atoms with Gasteiger partial charge in [-0.05, 0) is 18.2 Å². The Labute approximate surface area is 131 Å². The average molecular weight is 334 g/mol. The largest absolute Gasteiger partial charge is 0.349 e. The van der Waals surface area contributed by atoms with Crippen LogP contribution in [0.1, 0.15) is 6.42 Å². The Bertz CT molecular complexity index is 949. The molecule has 1 atom stereocenters. The van der Waals surface area contributed by atoms with Crippen molar-refractivity contribution < 1.29 is 13.2 Å². The van der Waals surface area contributed by atoms with E-state index in [1.165, 1.54) is 6.08 Å². The van der Waals surface area contributed by atoms with Gasteiger partial charge in [0.05, 0.1) is 23.7 Å². The fourth-order valence-corrected chi connectivity index (χ4v) is 3.56. The van der Waals surface area contributed by atoms with E-state index in [0.717, 1.165) is 10.1 Å². The number of rotatable bonds is 4. The van der Waals surface area contributed by atoms with Crippen LogP contribution in [0.15, 0.2) is 40.5 Å². The monoisotopic (exact) mass is 334 g/mol. The van der Waals surface area contributed by atoms with Crippen molar-refractivity contribution in [1.29, 1.82) is 0 Å². The zero-order chi connectivity index (χ0) is 16.4. The van der Waals surface area contributed by atoms with E-state index in [4.69, 9.17) is 0 Å². The van der Waals surface area contributed by atoms with E-state index >= 15 is 0 Å². The van der Waals surface area contributed by atoms with Crippen molar-refractivity contribution in [2.24, 2.45) is 0 Å². The van der Waals surface area contributed by atoms with Crippen LogP contribution >= 0.6 is 0 Å². The quantitative estimate of drug-likeness (QED) is 0.815. The molecule has 2 aromatic rings. The second-order valence-electron chi connectivity index (χ2n) is 5.22. The van der Waals surface area contributed by atoms with Gasteiger partial charge in [-0.1, -0.05) is 17.3 Å². The number of carbonyl (C=O) groups excluding carboxylic acids is 1. The molecule has 1 amide bonds. The molecule has 120 valence electrons. The average Bonchev–Trinajstić information content (AvgIpc) is 2.85. The Morgan fingerprint density at radius 1 is 1.35 bits per heavy atom. The lowest BCUT2D eigenvalue weighted by Gasteiger charge is -2.10. The van der Waals surface area contributed by atoms with Gasteiger partial charge >= 0.3 is 0 Å². The number of benzene rings is 1. The maximum absolute atomic E-state index is 12.2. The lowest BCUT2D eigenvalue weighted by atomic mass is 10.2. The van der Waals surface area contributed by atoms with Crippen LogP contribution in [0.2, 0.25) is 0 Å². The van der Waals surface area contributed by atoms with Crippen molar-refractivity contribution in [3.63, 3.8) is 0 Å². The van der Waals surface area contributed by atoms with Crippen molar-refractivity contribution in [2.45, 2.75) is 19.0 Å². The number of amides is 1. The molecule has 1 aromatic heterocycles. The minimum Gasteiger partial charge on any atom is -0.349 e. The Morgan fingerprint density at radius 2 is 2.13 bits per heavy atom. The van der Waals surface area contributed by atoms with E-state index < -0.39 is 15.9 Å². The van der Waals surface area contributed by atoms with Crippen LogP contribution in [-0.2, 0) is 21.2 Å². The Hall–Kier alpha value is -2.55. The highest BCUT2D eigenvalue weighted by Gasteiger charge is 2.22. The molecule has 1 aromatic carbocycles. The summed E-state index contributed by atoms with van der Waals surface area (Å²) in [7, 11) is -3.21. The summed E-state index contributed by atoms with van der Waals surface area (Å²) in [6, 6.07) is 6.31. The Morgan fingerprint density at radius 3 is 2.87 bits per heavy atom. The molecule has 0 spiro atoms. The lowest BCUT2D eigenvalue weighted by molar-refractivity contribution is -0.121. The number of carbonyl (C=O) groups is 1. The molecule has 0 saturated carbocycles. The fourth-order valence-electron chi connectivity index (χ4n) is 2.32. The molecule has 23 heavy (non-hydrogen) atoms. The fraction of sp³-hybridized carbons (Fsp3) is 0.286. The van der Waals surface area contributed by atoms with Crippen LogP contribution in [0, 0.1) is 0 Å². The summed E-state index contributed by atoms with van der Waals surface area (Å²) in [5.74, 6) is -0.479. The van der Waals surface area contributed by atoms with Crippen molar-refractivity contribution >= 4 is 26.6 Å². The highest BCUT2D eigenvalue weighted by atomic mass is 32.2. The summed E-state index contributed by atoms with van der Waals surface area (Å²) >= 11 is 0.